The Balaban J connectivity index is 1.75. The number of hydrogen-bond acceptors (Lipinski definition) is 4. The van der Waals surface area contributed by atoms with Gasteiger partial charge in [-0.3, -0.25) is 4.79 Å². The molecule has 124 valence electrons. The third-order valence-electron chi connectivity index (χ3n) is 3.84. The molecule has 0 saturated heterocycles. The fourth-order valence-corrected chi connectivity index (χ4v) is 2.36. The van der Waals surface area contributed by atoms with Crippen LogP contribution < -0.4 is 5.32 Å². The molecular formula is C19H19NO4. The molecule has 0 aliphatic heterocycles. The van der Waals surface area contributed by atoms with Crippen LogP contribution in [0.15, 0.2) is 60.7 Å². The van der Waals surface area contributed by atoms with Crippen LogP contribution in [0.3, 0.4) is 0 Å². The molecule has 2 N–H and O–H groups in total. The van der Waals surface area contributed by atoms with Crippen LogP contribution in [-0.2, 0) is 14.3 Å². The maximum absolute atomic E-state index is 12.4. The molecule has 1 fully saturated rings. The molecule has 1 aliphatic rings. The summed E-state index contributed by atoms with van der Waals surface area (Å²) < 4.78 is 5.34. The van der Waals surface area contributed by atoms with Crippen molar-refractivity contribution in [3.8, 4) is 0 Å². The second-order valence-corrected chi connectivity index (χ2v) is 5.82. The van der Waals surface area contributed by atoms with Crippen molar-refractivity contribution >= 4 is 11.9 Å². The van der Waals surface area contributed by atoms with Crippen molar-refractivity contribution in [2.24, 2.45) is 0 Å². The molecule has 0 aromatic heterocycles. The van der Waals surface area contributed by atoms with Crippen molar-refractivity contribution in [3.05, 3.63) is 71.8 Å². The van der Waals surface area contributed by atoms with Gasteiger partial charge in [-0.15, -0.1) is 0 Å². The minimum Gasteiger partial charge on any atom is -0.445 e. The monoisotopic (exact) mass is 325 g/mol. The maximum atomic E-state index is 12.4. The summed E-state index contributed by atoms with van der Waals surface area (Å²) in [5.41, 5.74) is 1.00. The molecule has 1 saturated carbocycles. The van der Waals surface area contributed by atoms with Crippen LogP contribution in [0.5, 0.6) is 0 Å². The molecule has 1 aliphatic carbocycles. The van der Waals surface area contributed by atoms with E-state index in [0.29, 0.717) is 11.1 Å². The largest absolute Gasteiger partial charge is 0.445 e. The Morgan fingerprint density at radius 3 is 2.04 bits per heavy atom. The average Bonchev–Trinajstić information content (AvgIpc) is 3.44. The SMILES string of the molecule is O=C(O[C@@H](C(=O)NC1CC1)c1ccccc1)[C@@H](O)c1ccccc1. The highest BCUT2D eigenvalue weighted by atomic mass is 16.6. The van der Waals surface area contributed by atoms with Crippen molar-refractivity contribution in [2.75, 3.05) is 0 Å². The van der Waals surface area contributed by atoms with Gasteiger partial charge in [0.25, 0.3) is 5.91 Å². The van der Waals surface area contributed by atoms with Crippen molar-refractivity contribution in [3.63, 3.8) is 0 Å². The van der Waals surface area contributed by atoms with Crippen molar-refractivity contribution in [1.82, 2.24) is 5.32 Å². The smallest absolute Gasteiger partial charge is 0.340 e. The molecule has 24 heavy (non-hydrogen) atoms. The van der Waals surface area contributed by atoms with E-state index in [1.165, 1.54) is 0 Å². The Morgan fingerprint density at radius 1 is 0.958 bits per heavy atom. The zero-order valence-corrected chi connectivity index (χ0v) is 13.1. The Bertz CT molecular complexity index is 698. The Morgan fingerprint density at radius 2 is 1.50 bits per heavy atom. The first kappa shape index (κ1) is 16.2. The second-order valence-electron chi connectivity index (χ2n) is 5.82. The predicted molar refractivity (Wildman–Crippen MR) is 87.8 cm³/mol. The third kappa shape index (κ3) is 4.00. The number of nitrogens with one attached hydrogen (secondary N) is 1. The molecule has 0 spiro atoms. The third-order valence-corrected chi connectivity index (χ3v) is 3.84. The van der Waals surface area contributed by atoms with E-state index in [9.17, 15) is 14.7 Å². The number of aliphatic hydroxyl groups excluding tert-OH is 1. The van der Waals surface area contributed by atoms with Gasteiger partial charge in [0.15, 0.2) is 6.10 Å². The number of esters is 1. The molecule has 0 bridgehead atoms. The van der Waals surface area contributed by atoms with E-state index in [4.69, 9.17) is 4.74 Å². The molecule has 0 unspecified atom stereocenters. The molecule has 3 rings (SSSR count). The van der Waals surface area contributed by atoms with Gasteiger partial charge in [-0.1, -0.05) is 60.7 Å². The Kier molecular flexibility index (Phi) is 4.91. The van der Waals surface area contributed by atoms with Gasteiger partial charge < -0.3 is 15.2 Å². The van der Waals surface area contributed by atoms with Crippen molar-refractivity contribution < 1.29 is 19.4 Å². The van der Waals surface area contributed by atoms with Crippen LogP contribution in [-0.4, -0.2) is 23.0 Å². The number of benzene rings is 2. The Labute approximate surface area is 140 Å². The number of carbonyl (C=O) groups excluding carboxylic acids is 2. The average molecular weight is 325 g/mol. The van der Waals surface area contributed by atoms with Crippen LogP contribution in [0.1, 0.15) is 36.2 Å². The highest BCUT2D eigenvalue weighted by Gasteiger charge is 2.32. The summed E-state index contributed by atoms with van der Waals surface area (Å²) >= 11 is 0. The first-order valence-electron chi connectivity index (χ1n) is 7.94. The second kappa shape index (κ2) is 7.27. The van der Waals surface area contributed by atoms with E-state index in [1.54, 1.807) is 54.6 Å². The summed E-state index contributed by atoms with van der Waals surface area (Å²) in [6.45, 7) is 0. The summed E-state index contributed by atoms with van der Waals surface area (Å²) in [5.74, 6) is -1.21. The summed E-state index contributed by atoms with van der Waals surface area (Å²) in [7, 11) is 0. The van der Waals surface area contributed by atoms with E-state index < -0.39 is 18.2 Å². The van der Waals surface area contributed by atoms with Crippen LogP contribution in [0.25, 0.3) is 0 Å². The summed E-state index contributed by atoms with van der Waals surface area (Å²) in [5, 5.41) is 13.0. The lowest BCUT2D eigenvalue weighted by Gasteiger charge is -2.20. The first-order chi connectivity index (χ1) is 11.6. The minimum atomic E-state index is -1.42. The lowest BCUT2D eigenvalue weighted by molar-refractivity contribution is -0.165. The van der Waals surface area contributed by atoms with E-state index in [1.807, 2.05) is 6.07 Å². The zero-order chi connectivity index (χ0) is 16.9. The number of hydrogen-bond donors (Lipinski definition) is 2. The molecule has 1 amide bonds. The topological polar surface area (TPSA) is 75.6 Å². The predicted octanol–water partition coefficient (Wildman–Crippen LogP) is 2.28. The van der Waals surface area contributed by atoms with Gasteiger partial charge in [-0.25, -0.2) is 4.79 Å². The Hall–Kier alpha value is -2.66. The number of aliphatic hydroxyl groups is 1. The van der Waals surface area contributed by atoms with E-state index in [-0.39, 0.29) is 11.9 Å². The van der Waals surface area contributed by atoms with E-state index in [0.717, 1.165) is 12.8 Å². The number of rotatable bonds is 6. The fourth-order valence-electron chi connectivity index (χ4n) is 2.36. The minimum absolute atomic E-state index is 0.154. The number of amides is 1. The standard InChI is InChI=1S/C19H19NO4/c21-16(13-7-3-1-4-8-13)19(23)24-17(14-9-5-2-6-10-14)18(22)20-15-11-12-15/h1-10,15-17,21H,11-12H2,(H,20,22)/t16-,17+/m0/s1. The van der Waals surface area contributed by atoms with Gasteiger partial charge in [0.05, 0.1) is 0 Å². The van der Waals surface area contributed by atoms with E-state index in [2.05, 4.69) is 5.32 Å². The lowest BCUT2D eigenvalue weighted by atomic mass is 10.1. The quantitative estimate of drug-likeness (QED) is 0.799. The molecule has 0 radical (unpaired) electrons. The number of ether oxygens (including phenoxy) is 1. The van der Waals surface area contributed by atoms with Crippen LogP contribution >= 0.6 is 0 Å². The summed E-state index contributed by atoms with van der Waals surface area (Å²) in [4.78, 5) is 24.7. The highest BCUT2D eigenvalue weighted by molar-refractivity contribution is 5.86. The van der Waals surface area contributed by atoms with Crippen LogP contribution in [0.4, 0.5) is 0 Å². The van der Waals surface area contributed by atoms with Gasteiger partial charge in [0, 0.05) is 11.6 Å². The fraction of sp³-hybridized carbons (Fsp3) is 0.263. The normalized spacial score (nSPS) is 16.0. The van der Waals surface area contributed by atoms with Gasteiger partial charge in [-0.2, -0.15) is 0 Å². The maximum Gasteiger partial charge on any atom is 0.340 e. The van der Waals surface area contributed by atoms with Gasteiger partial charge in [0.1, 0.15) is 0 Å². The van der Waals surface area contributed by atoms with Gasteiger partial charge in [-0.05, 0) is 18.4 Å². The zero-order valence-electron chi connectivity index (χ0n) is 13.1. The molecule has 2 atom stereocenters. The molecule has 5 nitrogen and oxygen atoms in total. The molecule has 5 heteroatoms. The van der Waals surface area contributed by atoms with Gasteiger partial charge in [0.2, 0.25) is 6.10 Å². The molecular weight excluding hydrogens is 306 g/mol. The highest BCUT2D eigenvalue weighted by Crippen LogP contribution is 2.25. The summed E-state index contributed by atoms with van der Waals surface area (Å²) in [6, 6.07) is 17.5. The van der Waals surface area contributed by atoms with E-state index >= 15 is 0 Å². The lowest BCUT2D eigenvalue weighted by Crippen LogP contribution is -2.34. The number of carbonyl (C=O) groups is 2. The van der Waals surface area contributed by atoms with Gasteiger partial charge >= 0.3 is 5.97 Å². The summed E-state index contributed by atoms with van der Waals surface area (Å²) in [6.07, 6.45) is -0.620. The van der Waals surface area contributed by atoms with Crippen molar-refractivity contribution in [2.45, 2.75) is 31.1 Å². The molecule has 2 aromatic rings. The van der Waals surface area contributed by atoms with Crippen LogP contribution in [0, 0.1) is 0 Å². The first-order valence-corrected chi connectivity index (χ1v) is 7.94. The molecule has 2 aromatic carbocycles. The van der Waals surface area contributed by atoms with Crippen molar-refractivity contribution in [1.29, 1.82) is 0 Å². The molecule has 0 heterocycles. The van der Waals surface area contributed by atoms with Crippen LogP contribution in [0.2, 0.25) is 0 Å².